The van der Waals surface area contributed by atoms with Gasteiger partial charge in [-0.15, -0.1) is 0 Å². The van der Waals surface area contributed by atoms with Crippen molar-refractivity contribution in [1.82, 2.24) is 4.90 Å². The average molecular weight is 172 g/mol. The predicted octanol–water partition coefficient (Wildman–Crippen LogP) is 0.982. The van der Waals surface area contributed by atoms with Gasteiger partial charge in [0, 0.05) is 25.0 Å². The highest BCUT2D eigenvalue weighted by Gasteiger charge is 2.23. The molecule has 0 atom stereocenters. The lowest BCUT2D eigenvalue weighted by Gasteiger charge is -2.34. The summed E-state index contributed by atoms with van der Waals surface area (Å²) in [7, 11) is 0. The third kappa shape index (κ3) is 3.22. The van der Waals surface area contributed by atoms with E-state index in [0.29, 0.717) is 13.0 Å². The second kappa shape index (κ2) is 4.45. The van der Waals surface area contributed by atoms with Crippen LogP contribution in [0.1, 0.15) is 34.1 Å². The molecule has 0 saturated heterocycles. The molecular formula is C9H20N2O. The molecule has 0 heterocycles. The lowest BCUT2D eigenvalue weighted by molar-refractivity contribution is -0.135. The number of hydrogen-bond acceptors (Lipinski definition) is 2. The van der Waals surface area contributed by atoms with E-state index in [9.17, 15) is 4.79 Å². The first-order valence-electron chi connectivity index (χ1n) is 4.44. The van der Waals surface area contributed by atoms with Gasteiger partial charge in [0.2, 0.25) is 5.91 Å². The molecular weight excluding hydrogens is 152 g/mol. The minimum Gasteiger partial charge on any atom is -0.338 e. The zero-order valence-electron chi connectivity index (χ0n) is 8.55. The first-order valence-corrected chi connectivity index (χ1v) is 4.44. The fourth-order valence-electron chi connectivity index (χ4n) is 1.28. The predicted molar refractivity (Wildman–Crippen MR) is 50.8 cm³/mol. The summed E-state index contributed by atoms with van der Waals surface area (Å²) in [5.41, 5.74) is 5.24. The van der Waals surface area contributed by atoms with Crippen molar-refractivity contribution in [2.75, 3.05) is 13.1 Å². The van der Waals surface area contributed by atoms with Gasteiger partial charge in [0.25, 0.3) is 0 Å². The van der Waals surface area contributed by atoms with Gasteiger partial charge in [-0.25, -0.2) is 0 Å². The molecule has 1 amide bonds. The highest BCUT2D eigenvalue weighted by molar-refractivity contribution is 5.77. The quantitative estimate of drug-likeness (QED) is 0.690. The Bertz CT molecular complexity index is 149. The fraction of sp³-hybridized carbons (Fsp3) is 0.889. The van der Waals surface area contributed by atoms with Crippen LogP contribution in [0.4, 0.5) is 0 Å². The summed E-state index contributed by atoms with van der Waals surface area (Å²) in [6.45, 7) is 9.27. The van der Waals surface area contributed by atoms with Crippen LogP contribution in [0, 0.1) is 0 Å². The van der Waals surface area contributed by atoms with Gasteiger partial charge in [0.05, 0.1) is 0 Å². The lowest BCUT2D eigenvalue weighted by atomic mass is 10.1. The van der Waals surface area contributed by atoms with E-state index in [4.69, 9.17) is 5.73 Å². The molecule has 0 aromatic carbocycles. The van der Waals surface area contributed by atoms with Gasteiger partial charge in [-0.3, -0.25) is 4.79 Å². The van der Waals surface area contributed by atoms with Gasteiger partial charge in [-0.05, 0) is 27.7 Å². The van der Waals surface area contributed by atoms with Gasteiger partial charge < -0.3 is 10.6 Å². The molecule has 0 bridgehead atoms. The number of nitrogens with two attached hydrogens (primary N) is 1. The molecule has 0 aliphatic heterocycles. The summed E-state index contributed by atoms with van der Waals surface area (Å²) in [6, 6.07) is 0. The molecule has 0 rings (SSSR count). The van der Waals surface area contributed by atoms with E-state index in [2.05, 4.69) is 0 Å². The SMILES string of the molecule is CCN(C(=O)CCN)C(C)(C)C. The van der Waals surface area contributed by atoms with Crippen LogP contribution in [0.5, 0.6) is 0 Å². The lowest BCUT2D eigenvalue weighted by Crippen LogP contribution is -2.45. The molecule has 0 spiro atoms. The van der Waals surface area contributed by atoms with E-state index >= 15 is 0 Å². The van der Waals surface area contributed by atoms with Crippen LogP contribution in [0.2, 0.25) is 0 Å². The Morgan fingerprint density at radius 2 is 1.92 bits per heavy atom. The Labute approximate surface area is 74.9 Å². The summed E-state index contributed by atoms with van der Waals surface area (Å²) in [6.07, 6.45) is 0.450. The highest BCUT2D eigenvalue weighted by atomic mass is 16.2. The van der Waals surface area contributed by atoms with Crippen LogP contribution in [-0.2, 0) is 4.79 Å². The number of carbonyl (C=O) groups excluding carboxylic acids is 1. The molecule has 2 N–H and O–H groups in total. The number of nitrogens with zero attached hydrogens (tertiary/aromatic N) is 1. The van der Waals surface area contributed by atoms with E-state index in [-0.39, 0.29) is 11.4 Å². The molecule has 0 aliphatic rings. The van der Waals surface area contributed by atoms with Crippen molar-refractivity contribution in [3.63, 3.8) is 0 Å². The summed E-state index contributed by atoms with van der Waals surface area (Å²) in [4.78, 5) is 13.3. The van der Waals surface area contributed by atoms with E-state index in [1.54, 1.807) is 0 Å². The average Bonchev–Trinajstić information content (AvgIpc) is 1.85. The van der Waals surface area contributed by atoms with Crippen molar-refractivity contribution in [2.45, 2.75) is 39.7 Å². The number of carbonyl (C=O) groups is 1. The van der Waals surface area contributed by atoms with Crippen molar-refractivity contribution < 1.29 is 4.79 Å². The summed E-state index contributed by atoms with van der Waals surface area (Å²) in [5.74, 6) is 0.146. The molecule has 0 aliphatic carbocycles. The van der Waals surface area contributed by atoms with Crippen molar-refractivity contribution in [1.29, 1.82) is 0 Å². The topological polar surface area (TPSA) is 46.3 Å². The molecule has 0 aromatic rings. The van der Waals surface area contributed by atoms with Crippen molar-refractivity contribution in [3.8, 4) is 0 Å². The first kappa shape index (κ1) is 11.4. The van der Waals surface area contributed by atoms with Crippen molar-refractivity contribution in [3.05, 3.63) is 0 Å². The molecule has 0 saturated carbocycles. The second-order valence-electron chi connectivity index (χ2n) is 3.85. The molecule has 12 heavy (non-hydrogen) atoms. The molecule has 0 aromatic heterocycles. The second-order valence-corrected chi connectivity index (χ2v) is 3.85. The summed E-state index contributed by atoms with van der Waals surface area (Å²) < 4.78 is 0. The highest BCUT2D eigenvalue weighted by Crippen LogP contribution is 2.13. The van der Waals surface area contributed by atoms with Crippen LogP contribution in [-0.4, -0.2) is 29.4 Å². The Kier molecular flexibility index (Phi) is 4.24. The molecule has 0 radical (unpaired) electrons. The minimum atomic E-state index is -0.0823. The molecule has 72 valence electrons. The Morgan fingerprint density at radius 1 is 1.42 bits per heavy atom. The zero-order valence-corrected chi connectivity index (χ0v) is 8.55. The van der Waals surface area contributed by atoms with Gasteiger partial charge in [-0.2, -0.15) is 0 Å². The maximum Gasteiger partial charge on any atom is 0.224 e. The summed E-state index contributed by atoms with van der Waals surface area (Å²) >= 11 is 0. The van der Waals surface area contributed by atoms with E-state index in [1.165, 1.54) is 0 Å². The first-order chi connectivity index (χ1) is 5.43. The van der Waals surface area contributed by atoms with E-state index in [1.807, 2.05) is 32.6 Å². The van der Waals surface area contributed by atoms with Gasteiger partial charge >= 0.3 is 0 Å². The Morgan fingerprint density at radius 3 is 2.17 bits per heavy atom. The third-order valence-electron chi connectivity index (χ3n) is 1.79. The molecule has 3 heteroatoms. The number of rotatable bonds is 3. The molecule has 0 fully saturated rings. The van der Waals surface area contributed by atoms with Gasteiger partial charge in [-0.1, -0.05) is 0 Å². The minimum absolute atomic E-state index is 0.0823. The zero-order chi connectivity index (χ0) is 9.78. The van der Waals surface area contributed by atoms with E-state index < -0.39 is 0 Å². The number of amides is 1. The molecule has 0 unspecified atom stereocenters. The smallest absolute Gasteiger partial charge is 0.224 e. The standard InChI is InChI=1S/C9H20N2O/c1-5-11(9(2,3)4)8(12)6-7-10/h5-7,10H2,1-4H3. The Hall–Kier alpha value is -0.570. The van der Waals surface area contributed by atoms with Crippen LogP contribution in [0.25, 0.3) is 0 Å². The van der Waals surface area contributed by atoms with Gasteiger partial charge in [0.15, 0.2) is 0 Å². The summed E-state index contributed by atoms with van der Waals surface area (Å²) in [5, 5.41) is 0. The normalized spacial score (nSPS) is 11.4. The maximum absolute atomic E-state index is 11.5. The van der Waals surface area contributed by atoms with Crippen molar-refractivity contribution >= 4 is 5.91 Å². The molecule has 3 nitrogen and oxygen atoms in total. The van der Waals surface area contributed by atoms with Crippen LogP contribution in [0.15, 0.2) is 0 Å². The maximum atomic E-state index is 11.5. The van der Waals surface area contributed by atoms with Gasteiger partial charge in [0.1, 0.15) is 0 Å². The van der Waals surface area contributed by atoms with E-state index in [0.717, 1.165) is 6.54 Å². The van der Waals surface area contributed by atoms with Crippen LogP contribution < -0.4 is 5.73 Å². The van der Waals surface area contributed by atoms with Crippen LogP contribution >= 0.6 is 0 Å². The fourth-order valence-corrected chi connectivity index (χ4v) is 1.28. The van der Waals surface area contributed by atoms with Crippen molar-refractivity contribution in [2.24, 2.45) is 5.73 Å². The monoisotopic (exact) mass is 172 g/mol. The third-order valence-corrected chi connectivity index (χ3v) is 1.79. The largest absolute Gasteiger partial charge is 0.338 e. The Balaban J connectivity index is 4.25. The van der Waals surface area contributed by atoms with Crippen LogP contribution in [0.3, 0.4) is 0 Å². The number of hydrogen-bond donors (Lipinski definition) is 1.